The lowest BCUT2D eigenvalue weighted by Crippen LogP contribution is -2.52. The van der Waals surface area contributed by atoms with Crippen molar-refractivity contribution in [3.63, 3.8) is 0 Å². The van der Waals surface area contributed by atoms with Crippen molar-refractivity contribution < 1.29 is 13.9 Å². The molecule has 0 fully saturated rings. The number of rotatable bonds is 8. The number of H-pyrrole nitrogens is 1. The molecule has 174 valence electrons. The quantitative estimate of drug-likeness (QED) is 0.544. The van der Waals surface area contributed by atoms with E-state index >= 15 is 0 Å². The van der Waals surface area contributed by atoms with E-state index in [1.54, 1.807) is 13.8 Å². The van der Waals surface area contributed by atoms with Gasteiger partial charge < -0.3 is 15.4 Å². The number of nitrogens with one attached hydrogen (secondary N) is 1. The fourth-order valence-corrected chi connectivity index (χ4v) is 3.47. The predicted octanol–water partition coefficient (Wildman–Crippen LogP) is 2.91. The van der Waals surface area contributed by atoms with Gasteiger partial charge >= 0.3 is 5.69 Å². The van der Waals surface area contributed by atoms with Crippen molar-refractivity contribution in [2.45, 2.75) is 39.3 Å². The van der Waals surface area contributed by atoms with E-state index in [1.165, 1.54) is 33.7 Å². The van der Waals surface area contributed by atoms with E-state index in [4.69, 9.17) is 10.5 Å². The summed E-state index contributed by atoms with van der Waals surface area (Å²) in [5.74, 6) is -0.788. The van der Waals surface area contributed by atoms with Crippen molar-refractivity contribution in [1.82, 2.24) is 9.55 Å². The van der Waals surface area contributed by atoms with E-state index in [0.29, 0.717) is 12.2 Å². The Balaban J connectivity index is 2.02. The van der Waals surface area contributed by atoms with E-state index in [9.17, 15) is 18.8 Å². The van der Waals surface area contributed by atoms with Gasteiger partial charge in [-0.1, -0.05) is 37.3 Å². The van der Waals surface area contributed by atoms with Crippen molar-refractivity contribution in [3.8, 4) is 5.75 Å². The topological polar surface area (TPSA) is 110 Å². The molecule has 0 aliphatic heterocycles. The van der Waals surface area contributed by atoms with Crippen LogP contribution in [0.2, 0.25) is 0 Å². The summed E-state index contributed by atoms with van der Waals surface area (Å²) >= 11 is 0. The largest absolute Gasteiger partial charge is 0.478 e. The molecule has 1 heterocycles. The lowest BCUT2D eigenvalue weighted by molar-refractivity contribution is -0.131. The number of aromatic amines is 1. The molecule has 33 heavy (non-hydrogen) atoms. The first-order chi connectivity index (χ1) is 15.6. The van der Waals surface area contributed by atoms with Gasteiger partial charge in [0.1, 0.15) is 17.4 Å². The van der Waals surface area contributed by atoms with E-state index in [1.807, 2.05) is 37.3 Å². The van der Waals surface area contributed by atoms with Gasteiger partial charge in [-0.2, -0.15) is 0 Å². The second-order valence-corrected chi connectivity index (χ2v) is 8.09. The van der Waals surface area contributed by atoms with Crippen LogP contribution in [0.5, 0.6) is 5.75 Å². The Bertz CT molecular complexity index is 1230. The SMILES string of the molecule is CCCN(C(=O)C(C)(C)Oc1ccc(F)cc1)c1c(N)n(Cc2ccccc2)c(=O)[nH]c1=O. The Morgan fingerprint density at radius 1 is 1.12 bits per heavy atom. The lowest BCUT2D eigenvalue weighted by atomic mass is 10.1. The van der Waals surface area contributed by atoms with Crippen molar-refractivity contribution >= 4 is 17.4 Å². The monoisotopic (exact) mass is 454 g/mol. The third-order valence-electron chi connectivity index (χ3n) is 5.06. The van der Waals surface area contributed by atoms with Crippen LogP contribution in [0.3, 0.4) is 0 Å². The molecule has 0 radical (unpaired) electrons. The fraction of sp³-hybridized carbons (Fsp3) is 0.292. The molecule has 0 aliphatic carbocycles. The number of carbonyl (C=O) groups is 1. The molecule has 3 N–H and O–H groups in total. The van der Waals surface area contributed by atoms with Gasteiger partial charge in [-0.15, -0.1) is 0 Å². The molecule has 0 atom stereocenters. The minimum Gasteiger partial charge on any atom is -0.478 e. The van der Waals surface area contributed by atoms with E-state index in [-0.39, 0.29) is 24.6 Å². The van der Waals surface area contributed by atoms with E-state index in [0.717, 1.165) is 5.56 Å². The molecular formula is C24H27FN4O4. The molecule has 3 aromatic rings. The van der Waals surface area contributed by atoms with Crippen LogP contribution >= 0.6 is 0 Å². The molecular weight excluding hydrogens is 427 g/mol. The minimum absolute atomic E-state index is 0.117. The summed E-state index contributed by atoms with van der Waals surface area (Å²) in [7, 11) is 0. The zero-order valence-electron chi connectivity index (χ0n) is 18.8. The van der Waals surface area contributed by atoms with E-state index in [2.05, 4.69) is 4.98 Å². The lowest BCUT2D eigenvalue weighted by Gasteiger charge is -2.32. The Morgan fingerprint density at radius 3 is 2.36 bits per heavy atom. The highest BCUT2D eigenvalue weighted by Gasteiger charge is 2.37. The van der Waals surface area contributed by atoms with Crippen LogP contribution < -0.4 is 26.6 Å². The first-order valence-corrected chi connectivity index (χ1v) is 10.6. The number of hydrogen-bond acceptors (Lipinski definition) is 5. The van der Waals surface area contributed by atoms with Crippen LogP contribution in [0.4, 0.5) is 15.9 Å². The molecule has 1 aromatic heterocycles. The van der Waals surface area contributed by atoms with Gasteiger partial charge in [0, 0.05) is 6.54 Å². The van der Waals surface area contributed by atoms with Crippen LogP contribution in [-0.2, 0) is 11.3 Å². The summed E-state index contributed by atoms with van der Waals surface area (Å²) in [6.07, 6.45) is 0.523. The maximum atomic E-state index is 13.5. The molecule has 0 spiro atoms. The summed E-state index contributed by atoms with van der Waals surface area (Å²) in [5.41, 5.74) is 4.12. The first-order valence-electron chi connectivity index (χ1n) is 10.6. The van der Waals surface area contributed by atoms with Crippen LogP contribution in [0.25, 0.3) is 0 Å². The normalized spacial score (nSPS) is 11.3. The van der Waals surface area contributed by atoms with Crippen LogP contribution in [-0.4, -0.2) is 27.6 Å². The van der Waals surface area contributed by atoms with Crippen molar-refractivity contribution in [3.05, 3.63) is 86.8 Å². The molecule has 0 saturated carbocycles. The van der Waals surface area contributed by atoms with Gasteiger partial charge in [-0.3, -0.25) is 19.1 Å². The summed E-state index contributed by atoms with van der Waals surface area (Å²) in [5, 5.41) is 0. The molecule has 0 saturated heterocycles. The highest BCUT2D eigenvalue weighted by Crippen LogP contribution is 2.25. The molecule has 0 aliphatic rings. The summed E-state index contributed by atoms with van der Waals surface area (Å²) in [4.78, 5) is 42.3. The van der Waals surface area contributed by atoms with Crippen LogP contribution in [0.15, 0.2) is 64.2 Å². The van der Waals surface area contributed by atoms with Crippen LogP contribution in [0.1, 0.15) is 32.8 Å². The Kier molecular flexibility index (Phi) is 7.01. The van der Waals surface area contributed by atoms with Gasteiger partial charge in [0.05, 0.1) is 6.54 Å². The average Bonchev–Trinajstić information content (AvgIpc) is 2.77. The number of hydrogen-bond donors (Lipinski definition) is 2. The first kappa shape index (κ1) is 23.8. The number of anilines is 2. The van der Waals surface area contributed by atoms with E-state index < -0.39 is 28.6 Å². The van der Waals surface area contributed by atoms with Crippen LogP contribution in [0, 0.1) is 5.82 Å². The molecule has 0 unspecified atom stereocenters. The smallest absolute Gasteiger partial charge is 0.330 e. The van der Waals surface area contributed by atoms with Gasteiger partial charge in [-0.25, -0.2) is 9.18 Å². The highest BCUT2D eigenvalue weighted by molar-refractivity contribution is 6.00. The third kappa shape index (κ3) is 5.31. The number of benzene rings is 2. The summed E-state index contributed by atoms with van der Waals surface area (Å²) in [6, 6.07) is 14.4. The van der Waals surface area contributed by atoms with Crippen molar-refractivity contribution in [1.29, 1.82) is 0 Å². The maximum absolute atomic E-state index is 13.5. The van der Waals surface area contributed by atoms with Crippen molar-refractivity contribution in [2.24, 2.45) is 0 Å². The number of halogens is 1. The predicted molar refractivity (Wildman–Crippen MR) is 125 cm³/mol. The molecule has 2 aromatic carbocycles. The molecule has 3 rings (SSSR count). The molecule has 8 nitrogen and oxygen atoms in total. The number of nitrogens with zero attached hydrogens (tertiary/aromatic N) is 2. The summed E-state index contributed by atoms with van der Waals surface area (Å²) < 4.78 is 20.3. The number of aromatic nitrogens is 2. The zero-order chi connectivity index (χ0) is 24.2. The number of carbonyl (C=O) groups excluding carboxylic acids is 1. The molecule has 9 heteroatoms. The third-order valence-corrected chi connectivity index (χ3v) is 5.06. The second-order valence-electron chi connectivity index (χ2n) is 8.09. The number of amides is 1. The zero-order valence-corrected chi connectivity index (χ0v) is 18.8. The van der Waals surface area contributed by atoms with Gasteiger partial charge in [-0.05, 0) is 50.1 Å². The summed E-state index contributed by atoms with van der Waals surface area (Å²) in [6.45, 7) is 5.24. The fourth-order valence-electron chi connectivity index (χ4n) is 3.47. The number of ether oxygens (including phenoxy) is 1. The van der Waals surface area contributed by atoms with Crippen molar-refractivity contribution in [2.75, 3.05) is 17.2 Å². The Morgan fingerprint density at radius 2 is 1.76 bits per heavy atom. The minimum atomic E-state index is -1.41. The Labute approximate surface area is 190 Å². The molecule has 1 amide bonds. The Hall–Kier alpha value is -3.88. The van der Waals surface area contributed by atoms with Gasteiger partial charge in [0.2, 0.25) is 0 Å². The number of nitrogens with two attached hydrogens (primary N) is 1. The number of nitrogen functional groups attached to an aromatic ring is 1. The second kappa shape index (κ2) is 9.72. The molecule has 0 bridgehead atoms. The maximum Gasteiger partial charge on any atom is 0.330 e. The standard InChI is InChI=1S/C24H27FN4O4/c1-4-14-28(22(31)24(2,3)33-18-12-10-17(25)11-13-18)19-20(26)29(23(32)27-21(19)30)15-16-8-6-5-7-9-16/h5-13H,4,14-15,26H2,1-3H3,(H,27,30,32). The van der Waals surface area contributed by atoms with Gasteiger partial charge in [0.25, 0.3) is 11.5 Å². The average molecular weight is 455 g/mol. The van der Waals surface area contributed by atoms with Gasteiger partial charge in [0.15, 0.2) is 11.3 Å². The highest BCUT2D eigenvalue weighted by atomic mass is 19.1.